The minimum atomic E-state index is -4.93. The molecule has 2 heterocycles. The van der Waals surface area contributed by atoms with E-state index in [1.54, 1.807) is 4.90 Å². The summed E-state index contributed by atoms with van der Waals surface area (Å²) in [6, 6.07) is -1.04. The first-order valence-corrected chi connectivity index (χ1v) is 8.19. The van der Waals surface area contributed by atoms with Gasteiger partial charge in [0.1, 0.15) is 6.04 Å². The van der Waals surface area contributed by atoms with Crippen LogP contribution in [0.3, 0.4) is 0 Å². The largest absolute Gasteiger partial charge is 0.471 e. The molecule has 130 valence electrons. The van der Waals surface area contributed by atoms with Crippen LogP contribution in [0.4, 0.5) is 13.2 Å². The molecule has 0 spiro atoms. The highest BCUT2D eigenvalue weighted by molar-refractivity contribution is 5.90. The van der Waals surface area contributed by atoms with E-state index in [1.165, 1.54) is 0 Å². The number of hydrogen-bond acceptors (Lipinski definition) is 3. The van der Waals surface area contributed by atoms with Crippen molar-refractivity contribution in [2.45, 2.75) is 62.9 Å². The second-order valence-electron chi connectivity index (χ2n) is 6.45. The Morgan fingerprint density at radius 1 is 0.957 bits per heavy atom. The number of fused-ring (bicyclic) bond motifs is 1. The molecular weight excluding hydrogens is 313 g/mol. The van der Waals surface area contributed by atoms with Gasteiger partial charge in [-0.1, -0.05) is 12.8 Å². The Morgan fingerprint density at radius 2 is 1.70 bits per heavy atom. The van der Waals surface area contributed by atoms with Gasteiger partial charge in [-0.05, 0) is 25.7 Å². The zero-order valence-electron chi connectivity index (χ0n) is 12.8. The van der Waals surface area contributed by atoms with Crippen LogP contribution in [0.5, 0.6) is 0 Å². The lowest BCUT2D eigenvalue weighted by Gasteiger charge is -2.45. The van der Waals surface area contributed by atoms with E-state index in [-0.39, 0.29) is 24.6 Å². The molecule has 3 fully saturated rings. The summed E-state index contributed by atoms with van der Waals surface area (Å²) < 4.78 is 43.8. The highest BCUT2D eigenvalue weighted by Crippen LogP contribution is 2.32. The van der Waals surface area contributed by atoms with Crippen molar-refractivity contribution in [3.63, 3.8) is 0 Å². The van der Waals surface area contributed by atoms with Gasteiger partial charge in [-0.15, -0.1) is 0 Å². The molecule has 5 nitrogen and oxygen atoms in total. The number of nitrogens with zero attached hydrogens (tertiary/aromatic N) is 2. The number of rotatable bonds is 1. The molecule has 2 amide bonds. The number of halogens is 3. The minimum Gasteiger partial charge on any atom is -0.374 e. The van der Waals surface area contributed by atoms with Crippen LogP contribution in [-0.2, 0) is 14.3 Å². The maximum Gasteiger partial charge on any atom is 0.471 e. The summed E-state index contributed by atoms with van der Waals surface area (Å²) in [5.41, 5.74) is 0. The number of morpholine rings is 1. The fourth-order valence-corrected chi connectivity index (χ4v) is 3.99. The first-order chi connectivity index (χ1) is 10.9. The second kappa shape index (κ2) is 6.30. The van der Waals surface area contributed by atoms with E-state index in [0.29, 0.717) is 30.9 Å². The Morgan fingerprint density at radius 3 is 2.43 bits per heavy atom. The molecule has 3 atom stereocenters. The summed E-state index contributed by atoms with van der Waals surface area (Å²) in [5, 5.41) is 0. The van der Waals surface area contributed by atoms with Gasteiger partial charge in [0.25, 0.3) is 0 Å². The minimum absolute atomic E-state index is 0.00676. The molecule has 2 saturated heterocycles. The quantitative estimate of drug-likeness (QED) is 0.733. The van der Waals surface area contributed by atoms with Crippen molar-refractivity contribution in [2.75, 3.05) is 19.7 Å². The molecule has 1 saturated carbocycles. The standard InChI is InChI=1S/C15H21F3N2O3/c16-15(17,18)14(22)20-7-3-5-11(20)13(21)19-8-9-23-12-6-2-1-4-10(12)19/h10-12H,1-9H2. The zero-order chi connectivity index (χ0) is 16.6. The fraction of sp³-hybridized carbons (Fsp3) is 0.867. The Hall–Kier alpha value is -1.31. The average molecular weight is 334 g/mol. The van der Waals surface area contributed by atoms with Crippen LogP contribution in [0.2, 0.25) is 0 Å². The van der Waals surface area contributed by atoms with Gasteiger partial charge in [-0.3, -0.25) is 9.59 Å². The molecule has 3 aliphatic rings. The van der Waals surface area contributed by atoms with Crippen LogP contribution in [0.15, 0.2) is 0 Å². The van der Waals surface area contributed by atoms with Gasteiger partial charge >= 0.3 is 12.1 Å². The molecule has 8 heteroatoms. The van der Waals surface area contributed by atoms with E-state index in [0.717, 1.165) is 25.7 Å². The van der Waals surface area contributed by atoms with E-state index in [4.69, 9.17) is 4.74 Å². The zero-order valence-corrected chi connectivity index (χ0v) is 12.8. The maximum absolute atomic E-state index is 12.8. The lowest BCUT2D eigenvalue weighted by molar-refractivity contribution is -0.188. The number of alkyl halides is 3. The Bertz CT molecular complexity index is 481. The third-order valence-corrected chi connectivity index (χ3v) is 5.06. The lowest BCUT2D eigenvalue weighted by Crippen LogP contribution is -2.59. The van der Waals surface area contributed by atoms with Gasteiger partial charge in [0.2, 0.25) is 5.91 Å². The number of amides is 2. The molecule has 0 aromatic heterocycles. The van der Waals surface area contributed by atoms with Crippen LogP contribution in [0.1, 0.15) is 38.5 Å². The normalized spacial score (nSPS) is 31.9. The van der Waals surface area contributed by atoms with E-state index in [1.807, 2.05) is 0 Å². The molecule has 0 radical (unpaired) electrons. The highest BCUT2D eigenvalue weighted by Gasteiger charge is 2.49. The summed E-state index contributed by atoms with van der Waals surface area (Å²) in [4.78, 5) is 26.7. The third kappa shape index (κ3) is 3.18. The van der Waals surface area contributed by atoms with E-state index in [9.17, 15) is 22.8 Å². The Labute approximate surface area is 132 Å². The van der Waals surface area contributed by atoms with Crippen molar-refractivity contribution in [1.29, 1.82) is 0 Å². The van der Waals surface area contributed by atoms with Crippen molar-refractivity contribution in [1.82, 2.24) is 9.80 Å². The van der Waals surface area contributed by atoms with Crippen molar-refractivity contribution in [3.05, 3.63) is 0 Å². The van der Waals surface area contributed by atoms with Crippen molar-refractivity contribution < 1.29 is 27.5 Å². The first kappa shape index (κ1) is 16.5. The second-order valence-corrected chi connectivity index (χ2v) is 6.45. The van der Waals surface area contributed by atoms with Gasteiger partial charge < -0.3 is 14.5 Å². The van der Waals surface area contributed by atoms with Crippen molar-refractivity contribution >= 4 is 11.8 Å². The van der Waals surface area contributed by atoms with E-state index in [2.05, 4.69) is 0 Å². The molecule has 2 aliphatic heterocycles. The monoisotopic (exact) mass is 334 g/mol. The summed E-state index contributed by atoms with van der Waals surface area (Å²) in [6.45, 7) is 0.796. The number of likely N-dealkylation sites (tertiary alicyclic amines) is 1. The molecule has 3 unspecified atom stereocenters. The van der Waals surface area contributed by atoms with Crippen molar-refractivity contribution in [3.8, 4) is 0 Å². The van der Waals surface area contributed by atoms with Gasteiger partial charge in [0.15, 0.2) is 0 Å². The number of ether oxygens (including phenoxy) is 1. The molecule has 23 heavy (non-hydrogen) atoms. The average Bonchev–Trinajstić information content (AvgIpc) is 3.01. The highest BCUT2D eigenvalue weighted by atomic mass is 19.4. The summed E-state index contributed by atoms with van der Waals surface area (Å²) in [5.74, 6) is -2.25. The lowest BCUT2D eigenvalue weighted by atomic mass is 9.89. The molecule has 1 aliphatic carbocycles. The fourth-order valence-electron chi connectivity index (χ4n) is 3.99. The van der Waals surface area contributed by atoms with E-state index >= 15 is 0 Å². The molecule has 0 aromatic rings. The van der Waals surface area contributed by atoms with Gasteiger partial charge in [0, 0.05) is 13.1 Å². The van der Waals surface area contributed by atoms with Crippen LogP contribution in [0, 0.1) is 0 Å². The Balaban J connectivity index is 1.74. The van der Waals surface area contributed by atoms with Crippen molar-refractivity contribution in [2.24, 2.45) is 0 Å². The van der Waals surface area contributed by atoms with Crippen LogP contribution in [-0.4, -0.2) is 65.7 Å². The van der Waals surface area contributed by atoms with Gasteiger partial charge in [-0.2, -0.15) is 13.2 Å². The predicted octanol–water partition coefficient (Wildman–Crippen LogP) is 1.71. The summed E-state index contributed by atoms with van der Waals surface area (Å²) in [6.07, 6.45) is -0.488. The SMILES string of the molecule is O=C(C1CCCN1C(=O)C(F)(F)F)N1CCOC2CCCCC21. The van der Waals surface area contributed by atoms with Crippen LogP contribution in [0.25, 0.3) is 0 Å². The molecule has 0 bridgehead atoms. The Kier molecular flexibility index (Phi) is 4.53. The number of carbonyl (C=O) groups is 2. The van der Waals surface area contributed by atoms with E-state index < -0.39 is 18.1 Å². The first-order valence-electron chi connectivity index (χ1n) is 8.19. The third-order valence-electron chi connectivity index (χ3n) is 5.06. The number of carbonyl (C=O) groups excluding carboxylic acids is 2. The van der Waals surface area contributed by atoms with Gasteiger partial charge in [-0.25, -0.2) is 0 Å². The molecule has 0 N–H and O–H groups in total. The number of hydrogen-bond donors (Lipinski definition) is 0. The molecule has 3 rings (SSSR count). The summed E-state index contributed by atoms with van der Waals surface area (Å²) in [7, 11) is 0. The molecule has 0 aromatic carbocycles. The molecular formula is C15H21F3N2O3. The van der Waals surface area contributed by atoms with Crippen LogP contribution < -0.4 is 0 Å². The van der Waals surface area contributed by atoms with Gasteiger partial charge in [0.05, 0.1) is 18.8 Å². The maximum atomic E-state index is 12.8. The van der Waals surface area contributed by atoms with Crippen LogP contribution >= 0.6 is 0 Å². The topological polar surface area (TPSA) is 49.9 Å². The smallest absolute Gasteiger partial charge is 0.374 e. The predicted molar refractivity (Wildman–Crippen MR) is 74.5 cm³/mol. The summed E-state index contributed by atoms with van der Waals surface area (Å²) >= 11 is 0.